The maximum absolute atomic E-state index is 12.2. The Balaban J connectivity index is 2.10. The molecule has 0 aromatic heterocycles. The highest BCUT2D eigenvalue weighted by Crippen LogP contribution is 2.36. The second kappa shape index (κ2) is 8.86. The number of nitrogens with two attached hydrogens (primary N) is 1. The van der Waals surface area contributed by atoms with Crippen LogP contribution in [0.15, 0.2) is 36.4 Å². The third kappa shape index (κ3) is 5.32. The van der Waals surface area contributed by atoms with E-state index in [0.717, 1.165) is 0 Å². The highest BCUT2D eigenvalue weighted by Gasteiger charge is 2.17. The fraction of sp³-hybridized carbons (Fsp3) is 0.176. The van der Waals surface area contributed by atoms with Gasteiger partial charge in [0.05, 0.1) is 22.6 Å². The minimum Gasteiger partial charge on any atom is -0.493 e. The first-order valence-electron chi connectivity index (χ1n) is 7.51. The first-order chi connectivity index (χ1) is 12.8. The molecule has 9 nitrogen and oxygen atoms in total. The maximum atomic E-state index is 12.2. The van der Waals surface area contributed by atoms with E-state index < -0.39 is 23.4 Å². The molecule has 0 aliphatic rings. The van der Waals surface area contributed by atoms with Crippen LogP contribution >= 0.6 is 11.6 Å². The lowest BCUT2D eigenvalue weighted by molar-refractivity contribution is -0.384. The summed E-state index contributed by atoms with van der Waals surface area (Å²) in [6.07, 6.45) is 0. The molecular formula is C17H15ClN2O7. The zero-order valence-corrected chi connectivity index (χ0v) is 14.9. The minimum absolute atomic E-state index is 0.0397. The number of carbonyl (C=O) groups is 2. The van der Waals surface area contributed by atoms with Gasteiger partial charge < -0.3 is 19.9 Å². The Bertz CT molecular complexity index is 868. The third-order valence-electron chi connectivity index (χ3n) is 3.34. The second-order valence-electron chi connectivity index (χ2n) is 5.24. The lowest BCUT2D eigenvalue weighted by Gasteiger charge is -2.13. The van der Waals surface area contributed by atoms with Crippen LogP contribution in [-0.2, 0) is 16.1 Å². The molecule has 1 amide bonds. The number of ether oxygens (including phenoxy) is 3. The van der Waals surface area contributed by atoms with Gasteiger partial charge in [0.15, 0.2) is 18.1 Å². The molecule has 2 aromatic carbocycles. The number of amides is 1. The Morgan fingerprint density at radius 3 is 2.44 bits per heavy atom. The van der Waals surface area contributed by atoms with Crippen molar-refractivity contribution in [2.75, 3.05) is 13.7 Å². The van der Waals surface area contributed by atoms with Gasteiger partial charge in [-0.1, -0.05) is 11.6 Å². The van der Waals surface area contributed by atoms with Gasteiger partial charge in [-0.3, -0.25) is 14.9 Å². The van der Waals surface area contributed by atoms with Gasteiger partial charge in [-0.25, -0.2) is 4.79 Å². The van der Waals surface area contributed by atoms with Crippen molar-refractivity contribution in [1.29, 1.82) is 0 Å². The molecule has 2 aromatic rings. The van der Waals surface area contributed by atoms with E-state index >= 15 is 0 Å². The van der Waals surface area contributed by atoms with Crippen LogP contribution in [0.1, 0.15) is 15.9 Å². The first kappa shape index (κ1) is 20.0. The monoisotopic (exact) mass is 394 g/mol. The Hall–Kier alpha value is -3.33. The Morgan fingerprint density at radius 2 is 1.89 bits per heavy atom. The molecule has 2 N–H and O–H groups in total. The van der Waals surface area contributed by atoms with Crippen molar-refractivity contribution in [3.05, 3.63) is 62.7 Å². The first-order valence-corrected chi connectivity index (χ1v) is 7.88. The topological polar surface area (TPSA) is 131 Å². The van der Waals surface area contributed by atoms with Crippen molar-refractivity contribution < 1.29 is 28.7 Å². The number of methoxy groups -OCH3 is 1. The smallest absolute Gasteiger partial charge is 0.338 e. The number of nitro groups is 1. The number of non-ortho nitro benzene ring substituents is 1. The van der Waals surface area contributed by atoms with E-state index in [2.05, 4.69) is 0 Å². The summed E-state index contributed by atoms with van der Waals surface area (Å²) in [5.74, 6) is -1.18. The fourth-order valence-corrected chi connectivity index (χ4v) is 2.33. The summed E-state index contributed by atoms with van der Waals surface area (Å²) in [6.45, 7) is -0.489. The molecule has 0 atom stereocenters. The van der Waals surface area contributed by atoms with E-state index in [4.69, 9.17) is 31.5 Å². The molecule has 0 fully saturated rings. The minimum atomic E-state index is -0.695. The number of hydrogen-bond acceptors (Lipinski definition) is 7. The molecule has 0 saturated heterocycles. The van der Waals surface area contributed by atoms with Crippen LogP contribution in [0, 0.1) is 10.1 Å². The molecule has 0 bridgehead atoms. The summed E-state index contributed by atoms with van der Waals surface area (Å²) in [5, 5.41) is 10.7. The Labute approximate surface area is 158 Å². The molecule has 27 heavy (non-hydrogen) atoms. The molecule has 0 unspecified atom stereocenters. The van der Waals surface area contributed by atoms with Gasteiger partial charge in [0, 0.05) is 12.1 Å². The molecule has 10 heteroatoms. The number of rotatable bonds is 8. The summed E-state index contributed by atoms with van der Waals surface area (Å²) in [4.78, 5) is 33.2. The quantitative estimate of drug-likeness (QED) is 0.413. The average molecular weight is 395 g/mol. The van der Waals surface area contributed by atoms with Crippen molar-refractivity contribution in [3.8, 4) is 11.5 Å². The number of esters is 1. The molecule has 0 spiro atoms. The highest BCUT2D eigenvalue weighted by molar-refractivity contribution is 6.32. The number of carbonyl (C=O) groups excluding carboxylic acids is 2. The number of nitro benzene ring substituents is 1. The predicted octanol–water partition coefficient (Wildman–Crippen LogP) is 2.48. The van der Waals surface area contributed by atoms with Crippen LogP contribution in [0.4, 0.5) is 5.69 Å². The summed E-state index contributed by atoms with van der Waals surface area (Å²) < 4.78 is 15.5. The van der Waals surface area contributed by atoms with Crippen LogP contribution in [0.25, 0.3) is 0 Å². The highest BCUT2D eigenvalue weighted by atomic mass is 35.5. The molecule has 0 saturated carbocycles. The second-order valence-corrected chi connectivity index (χ2v) is 5.65. The van der Waals surface area contributed by atoms with Crippen LogP contribution in [0.5, 0.6) is 11.5 Å². The third-order valence-corrected chi connectivity index (χ3v) is 3.62. The fourth-order valence-electron chi connectivity index (χ4n) is 2.07. The van der Waals surface area contributed by atoms with Crippen molar-refractivity contribution in [2.24, 2.45) is 5.73 Å². The normalized spacial score (nSPS) is 10.1. The molecule has 0 aliphatic carbocycles. The van der Waals surface area contributed by atoms with Gasteiger partial charge in [-0.2, -0.15) is 0 Å². The predicted molar refractivity (Wildman–Crippen MR) is 94.9 cm³/mol. The van der Waals surface area contributed by atoms with Crippen molar-refractivity contribution >= 4 is 29.2 Å². The Morgan fingerprint density at radius 1 is 1.22 bits per heavy atom. The standard InChI is InChI=1S/C17H15ClN2O7/c1-25-14-7-11(6-13(18)16(14)26-9-15(19)21)17(22)27-8-10-2-4-12(5-3-10)20(23)24/h2-7H,8-9H2,1H3,(H2,19,21). The zero-order chi connectivity index (χ0) is 20.0. The largest absolute Gasteiger partial charge is 0.493 e. The van der Waals surface area contributed by atoms with Crippen molar-refractivity contribution in [1.82, 2.24) is 0 Å². The molecular weight excluding hydrogens is 380 g/mol. The maximum Gasteiger partial charge on any atom is 0.338 e. The molecule has 0 heterocycles. The SMILES string of the molecule is COc1cc(C(=O)OCc2ccc([N+](=O)[O-])cc2)cc(Cl)c1OCC(N)=O. The number of benzene rings is 2. The van der Waals surface area contributed by atoms with E-state index in [1.165, 1.54) is 43.5 Å². The molecule has 0 aliphatic heterocycles. The summed E-state index contributed by atoms with van der Waals surface area (Å²) >= 11 is 6.08. The van der Waals surface area contributed by atoms with Gasteiger partial charge in [-0.15, -0.1) is 0 Å². The lowest BCUT2D eigenvalue weighted by Crippen LogP contribution is -2.20. The Kier molecular flexibility index (Phi) is 6.56. The number of hydrogen-bond donors (Lipinski definition) is 1. The molecule has 2 rings (SSSR count). The van der Waals surface area contributed by atoms with Crippen LogP contribution in [0.3, 0.4) is 0 Å². The lowest BCUT2D eigenvalue weighted by atomic mass is 10.2. The molecule has 0 radical (unpaired) electrons. The van der Waals surface area contributed by atoms with Crippen LogP contribution in [-0.4, -0.2) is 30.5 Å². The number of primary amides is 1. The summed E-state index contributed by atoms with van der Waals surface area (Å²) in [5.41, 5.74) is 5.64. The van der Waals surface area contributed by atoms with Crippen molar-refractivity contribution in [2.45, 2.75) is 6.61 Å². The van der Waals surface area contributed by atoms with Gasteiger partial charge in [0.25, 0.3) is 11.6 Å². The number of halogens is 1. The van der Waals surface area contributed by atoms with E-state index in [9.17, 15) is 19.7 Å². The number of nitrogens with zero attached hydrogens (tertiary/aromatic N) is 1. The van der Waals surface area contributed by atoms with Crippen molar-refractivity contribution in [3.63, 3.8) is 0 Å². The van der Waals surface area contributed by atoms with E-state index in [1.54, 1.807) is 0 Å². The van der Waals surface area contributed by atoms with Crippen LogP contribution in [0.2, 0.25) is 5.02 Å². The van der Waals surface area contributed by atoms with Gasteiger partial charge >= 0.3 is 5.97 Å². The summed E-state index contributed by atoms with van der Waals surface area (Å²) in [6, 6.07) is 8.25. The van der Waals surface area contributed by atoms with Gasteiger partial charge in [0.1, 0.15) is 6.61 Å². The zero-order valence-electron chi connectivity index (χ0n) is 14.1. The van der Waals surface area contributed by atoms with E-state index in [-0.39, 0.29) is 34.4 Å². The van der Waals surface area contributed by atoms with E-state index in [1.807, 2.05) is 0 Å². The van der Waals surface area contributed by atoms with E-state index in [0.29, 0.717) is 5.56 Å². The van der Waals surface area contributed by atoms with Gasteiger partial charge in [0.2, 0.25) is 0 Å². The van der Waals surface area contributed by atoms with Gasteiger partial charge in [-0.05, 0) is 29.8 Å². The average Bonchev–Trinajstić information content (AvgIpc) is 2.64. The van der Waals surface area contributed by atoms with Crippen LogP contribution < -0.4 is 15.2 Å². The summed E-state index contributed by atoms with van der Waals surface area (Å²) in [7, 11) is 1.34. The molecule has 142 valence electrons.